The van der Waals surface area contributed by atoms with Crippen molar-refractivity contribution in [2.24, 2.45) is 0 Å². The first-order valence-electron chi connectivity index (χ1n) is 9.05. The fourth-order valence-corrected chi connectivity index (χ4v) is 3.06. The third kappa shape index (κ3) is 4.22. The maximum absolute atomic E-state index is 12.3. The van der Waals surface area contributed by atoms with Crippen molar-refractivity contribution in [2.45, 2.75) is 26.3 Å². The van der Waals surface area contributed by atoms with Crippen LogP contribution in [0.5, 0.6) is 11.6 Å². The third-order valence-corrected chi connectivity index (χ3v) is 4.49. The van der Waals surface area contributed by atoms with E-state index in [0.717, 1.165) is 11.4 Å². The van der Waals surface area contributed by atoms with E-state index in [2.05, 4.69) is 20.0 Å². The van der Waals surface area contributed by atoms with Gasteiger partial charge in [-0.1, -0.05) is 18.2 Å². The van der Waals surface area contributed by atoms with Crippen molar-refractivity contribution >= 4 is 11.0 Å². The molecule has 4 rings (SSSR count). The molecule has 0 saturated carbocycles. The topological polar surface area (TPSA) is 75.2 Å². The summed E-state index contributed by atoms with van der Waals surface area (Å²) < 4.78 is 53.8. The van der Waals surface area contributed by atoms with Crippen LogP contribution in [0.25, 0.3) is 22.1 Å². The Kier molecular flexibility index (Phi) is 5.06. The Hall–Kier alpha value is -3.56. The van der Waals surface area contributed by atoms with E-state index in [1.54, 1.807) is 28.9 Å². The number of hydrogen-bond acceptors (Lipinski definition) is 6. The molecule has 156 valence electrons. The second-order valence-electron chi connectivity index (χ2n) is 6.68. The Bertz CT molecular complexity index is 1150. The Morgan fingerprint density at radius 3 is 2.50 bits per heavy atom. The molecule has 2 aromatic carbocycles. The van der Waals surface area contributed by atoms with Gasteiger partial charge in [0.05, 0.1) is 11.4 Å². The van der Waals surface area contributed by atoms with E-state index < -0.39 is 6.36 Å². The lowest BCUT2D eigenvalue weighted by Crippen LogP contribution is -2.17. The van der Waals surface area contributed by atoms with Crippen molar-refractivity contribution in [1.82, 2.24) is 19.9 Å². The Labute approximate surface area is 169 Å². The van der Waals surface area contributed by atoms with Crippen molar-refractivity contribution < 1.29 is 27.2 Å². The maximum Gasteiger partial charge on any atom is 0.573 e. The van der Waals surface area contributed by atoms with E-state index in [1.807, 2.05) is 19.9 Å². The van der Waals surface area contributed by atoms with Crippen molar-refractivity contribution in [3.05, 3.63) is 54.6 Å². The van der Waals surface area contributed by atoms with E-state index >= 15 is 0 Å². The van der Waals surface area contributed by atoms with Crippen LogP contribution in [-0.2, 0) is 0 Å². The molecule has 0 spiro atoms. The first-order chi connectivity index (χ1) is 14.3. The van der Waals surface area contributed by atoms with Gasteiger partial charge in [-0.05, 0) is 54.4 Å². The second kappa shape index (κ2) is 7.69. The predicted molar refractivity (Wildman–Crippen MR) is 101 cm³/mol. The molecular formula is C20H17F3N4O3. The predicted octanol–water partition coefficient (Wildman–Crippen LogP) is 4.93. The molecule has 0 saturated heterocycles. The van der Waals surface area contributed by atoms with E-state index in [9.17, 15) is 13.2 Å². The van der Waals surface area contributed by atoms with E-state index in [-0.39, 0.29) is 11.8 Å². The molecule has 0 bridgehead atoms. The number of rotatable bonds is 6. The summed E-state index contributed by atoms with van der Waals surface area (Å²) in [6, 6.07) is 10.9. The van der Waals surface area contributed by atoms with E-state index in [1.165, 1.54) is 18.5 Å². The molecule has 0 aliphatic rings. The fourth-order valence-electron chi connectivity index (χ4n) is 3.06. The molecule has 1 unspecified atom stereocenters. The number of benzene rings is 2. The van der Waals surface area contributed by atoms with Gasteiger partial charge in [-0.2, -0.15) is 5.10 Å². The molecule has 4 aromatic rings. The summed E-state index contributed by atoms with van der Waals surface area (Å²) in [4.78, 5) is 4.09. The average molecular weight is 418 g/mol. The van der Waals surface area contributed by atoms with Gasteiger partial charge >= 0.3 is 6.36 Å². The molecule has 0 N–H and O–H groups in total. The normalized spacial score (nSPS) is 12.8. The first kappa shape index (κ1) is 19.7. The highest BCUT2D eigenvalue weighted by Gasteiger charge is 2.31. The zero-order chi connectivity index (χ0) is 21.3. The number of ether oxygens (including phenoxy) is 2. The van der Waals surface area contributed by atoms with Gasteiger partial charge in [-0.25, -0.2) is 9.67 Å². The monoisotopic (exact) mass is 418 g/mol. The SMILES string of the molecule is Cc1ncnn1C(C)COc1noc2ccc(-c3ccc(OC(F)(F)F)cc3)cc12. The highest BCUT2D eigenvalue weighted by atomic mass is 19.4. The molecule has 1 atom stereocenters. The number of halogens is 3. The summed E-state index contributed by atoms with van der Waals surface area (Å²) in [6.07, 6.45) is -3.24. The maximum atomic E-state index is 12.3. The summed E-state index contributed by atoms with van der Waals surface area (Å²) in [6.45, 7) is 4.10. The minimum Gasteiger partial charge on any atom is -0.473 e. The molecular weight excluding hydrogens is 401 g/mol. The zero-order valence-corrected chi connectivity index (χ0v) is 16.1. The van der Waals surface area contributed by atoms with Crippen LogP contribution in [0.3, 0.4) is 0 Å². The van der Waals surface area contributed by atoms with Crippen LogP contribution >= 0.6 is 0 Å². The molecule has 0 aliphatic carbocycles. The van der Waals surface area contributed by atoms with Crippen LogP contribution < -0.4 is 9.47 Å². The van der Waals surface area contributed by atoms with Gasteiger partial charge in [-0.15, -0.1) is 13.2 Å². The number of hydrogen-bond donors (Lipinski definition) is 0. The summed E-state index contributed by atoms with van der Waals surface area (Å²) in [7, 11) is 0. The molecule has 0 fully saturated rings. The molecule has 0 amide bonds. The summed E-state index contributed by atoms with van der Waals surface area (Å²) >= 11 is 0. The summed E-state index contributed by atoms with van der Waals surface area (Å²) in [5.74, 6) is 0.823. The van der Waals surface area contributed by atoms with Crippen LogP contribution in [0.15, 0.2) is 53.3 Å². The number of aryl methyl sites for hydroxylation is 1. The van der Waals surface area contributed by atoms with Gasteiger partial charge in [0.25, 0.3) is 5.88 Å². The Balaban J connectivity index is 1.53. The number of alkyl halides is 3. The molecule has 0 aliphatic heterocycles. The van der Waals surface area contributed by atoms with Gasteiger partial charge in [0.2, 0.25) is 0 Å². The van der Waals surface area contributed by atoms with Crippen LogP contribution in [0.1, 0.15) is 18.8 Å². The van der Waals surface area contributed by atoms with Crippen molar-refractivity contribution in [3.63, 3.8) is 0 Å². The average Bonchev–Trinajstić information content (AvgIpc) is 3.31. The molecule has 2 aromatic heterocycles. The quantitative estimate of drug-likeness (QED) is 0.442. The van der Waals surface area contributed by atoms with E-state index in [4.69, 9.17) is 9.26 Å². The molecule has 10 heteroatoms. The number of nitrogens with zero attached hydrogens (tertiary/aromatic N) is 4. The summed E-state index contributed by atoms with van der Waals surface area (Å²) in [5.41, 5.74) is 2.02. The molecule has 0 radical (unpaired) electrons. The first-order valence-corrected chi connectivity index (χ1v) is 9.05. The van der Waals surface area contributed by atoms with Crippen LogP contribution in [-0.4, -0.2) is 32.9 Å². The lowest BCUT2D eigenvalue weighted by molar-refractivity contribution is -0.274. The molecule has 7 nitrogen and oxygen atoms in total. The smallest absolute Gasteiger partial charge is 0.473 e. The third-order valence-electron chi connectivity index (χ3n) is 4.49. The van der Waals surface area contributed by atoms with Crippen molar-refractivity contribution in [3.8, 4) is 22.8 Å². The van der Waals surface area contributed by atoms with Crippen LogP contribution in [0.4, 0.5) is 13.2 Å². The lowest BCUT2D eigenvalue weighted by atomic mass is 10.0. The van der Waals surface area contributed by atoms with Crippen molar-refractivity contribution in [1.29, 1.82) is 0 Å². The van der Waals surface area contributed by atoms with Gasteiger partial charge in [0.15, 0.2) is 5.58 Å². The number of fused-ring (bicyclic) bond motifs is 1. The lowest BCUT2D eigenvalue weighted by Gasteiger charge is -2.13. The van der Waals surface area contributed by atoms with Gasteiger partial charge < -0.3 is 14.0 Å². The second-order valence-corrected chi connectivity index (χ2v) is 6.68. The minimum atomic E-state index is -4.73. The van der Waals surface area contributed by atoms with Gasteiger partial charge in [0, 0.05) is 0 Å². The summed E-state index contributed by atoms with van der Waals surface area (Å²) in [5, 5.41) is 8.79. The highest BCUT2D eigenvalue weighted by molar-refractivity contribution is 5.87. The van der Waals surface area contributed by atoms with Crippen molar-refractivity contribution in [2.75, 3.05) is 6.61 Å². The largest absolute Gasteiger partial charge is 0.573 e. The highest BCUT2D eigenvalue weighted by Crippen LogP contribution is 2.32. The van der Waals surface area contributed by atoms with E-state index in [0.29, 0.717) is 29.0 Å². The Morgan fingerprint density at radius 1 is 1.10 bits per heavy atom. The van der Waals surface area contributed by atoms with Gasteiger partial charge in [-0.3, -0.25) is 0 Å². The van der Waals surface area contributed by atoms with Crippen LogP contribution in [0, 0.1) is 6.92 Å². The molecule has 2 heterocycles. The molecule has 30 heavy (non-hydrogen) atoms. The Morgan fingerprint density at radius 2 is 1.83 bits per heavy atom. The number of aromatic nitrogens is 4. The van der Waals surface area contributed by atoms with Crippen LogP contribution in [0.2, 0.25) is 0 Å². The zero-order valence-electron chi connectivity index (χ0n) is 16.1. The minimum absolute atomic E-state index is 0.0661. The standard InChI is InChI=1S/C20H17F3N4O3/c1-12(27-13(2)24-11-25-27)10-28-19-17-9-15(5-8-18(17)30-26-19)14-3-6-16(7-4-14)29-20(21,22)23/h3-9,11-12H,10H2,1-2H3. The fraction of sp³-hybridized carbons (Fsp3) is 0.250. The van der Waals surface area contributed by atoms with Gasteiger partial charge in [0.1, 0.15) is 24.5 Å².